The first kappa shape index (κ1) is 19.0. The summed E-state index contributed by atoms with van der Waals surface area (Å²) in [6.45, 7) is 8.25. The van der Waals surface area contributed by atoms with Gasteiger partial charge in [0.25, 0.3) is 0 Å². The second-order valence-electron chi connectivity index (χ2n) is 7.21. The van der Waals surface area contributed by atoms with Gasteiger partial charge in [0.1, 0.15) is 0 Å². The normalized spacial score (nSPS) is 11.3. The fraction of sp³-hybridized carbons (Fsp3) is 0.250. The lowest BCUT2D eigenvalue weighted by Gasteiger charge is -2.17. The summed E-state index contributed by atoms with van der Waals surface area (Å²) in [5.74, 6) is 0.541. The third-order valence-electron chi connectivity index (χ3n) is 3.97. The number of hydrogen-bond acceptors (Lipinski definition) is 4. The van der Waals surface area contributed by atoms with Gasteiger partial charge in [0.05, 0.1) is 0 Å². The van der Waals surface area contributed by atoms with Crippen LogP contribution in [0.3, 0.4) is 0 Å². The monoisotopic (exact) mass is 381 g/mol. The van der Waals surface area contributed by atoms with Gasteiger partial charge in [-0.2, -0.15) is 5.10 Å². The van der Waals surface area contributed by atoms with Crippen molar-refractivity contribution >= 4 is 29.3 Å². The van der Waals surface area contributed by atoms with Crippen molar-refractivity contribution in [1.29, 1.82) is 0 Å². The molecule has 3 N–H and O–H groups in total. The minimum Gasteiger partial charge on any atom is -0.308 e. The van der Waals surface area contributed by atoms with E-state index in [1.807, 2.05) is 43.3 Å². The quantitative estimate of drug-likeness (QED) is 0.580. The van der Waals surface area contributed by atoms with Gasteiger partial charge in [-0.25, -0.2) is 4.79 Å². The number of carbonyl (C=O) groups excluding carboxylic acids is 1. The van der Waals surface area contributed by atoms with E-state index in [-0.39, 0.29) is 11.4 Å². The number of aromatic amines is 1. The standard InChI is InChI=1S/C20H23N5OS/c1-13-17(20(2,3)4)24-25-18(13)23-19(26)22-14-6-5-7-16(12-14)27-15-8-10-21-11-9-15/h5-12H,1-4H3,(H3,22,23,24,25,26). The molecule has 0 unspecified atom stereocenters. The van der Waals surface area contributed by atoms with Crippen molar-refractivity contribution in [2.45, 2.75) is 42.9 Å². The van der Waals surface area contributed by atoms with E-state index in [0.717, 1.165) is 26.7 Å². The van der Waals surface area contributed by atoms with E-state index in [1.54, 1.807) is 24.2 Å². The van der Waals surface area contributed by atoms with Gasteiger partial charge in [-0.3, -0.25) is 15.4 Å². The molecule has 1 aromatic carbocycles. The number of urea groups is 1. The van der Waals surface area contributed by atoms with Crippen LogP contribution in [-0.2, 0) is 5.41 Å². The van der Waals surface area contributed by atoms with Crippen molar-refractivity contribution in [3.05, 3.63) is 60.0 Å². The van der Waals surface area contributed by atoms with Gasteiger partial charge in [-0.1, -0.05) is 38.6 Å². The Morgan fingerprint density at radius 2 is 1.81 bits per heavy atom. The van der Waals surface area contributed by atoms with E-state index in [0.29, 0.717) is 5.82 Å². The zero-order valence-electron chi connectivity index (χ0n) is 15.8. The molecule has 0 spiro atoms. The highest BCUT2D eigenvalue weighted by molar-refractivity contribution is 7.99. The van der Waals surface area contributed by atoms with Crippen molar-refractivity contribution in [3.8, 4) is 0 Å². The zero-order valence-corrected chi connectivity index (χ0v) is 16.6. The van der Waals surface area contributed by atoms with Crippen LogP contribution in [0, 0.1) is 6.92 Å². The Balaban J connectivity index is 1.66. The van der Waals surface area contributed by atoms with Crippen LogP contribution >= 0.6 is 11.8 Å². The highest BCUT2D eigenvalue weighted by Crippen LogP contribution is 2.29. The van der Waals surface area contributed by atoms with E-state index in [2.05, 4.69) is 46.6 Å². The number of anilines is 2. The van der Waals surface area contributed by atoms with Gasteiger partial charge >= 0.3 is 6.03 Å². The van der Waals surface area contributed by atoms with Gasteiger partial charge in [-0.15, -0.1) is 0 Å². The molecule has 7 heteroatoms. The lowest BCUT2D eigenvalue weighted by molar-refractivity contribution is 0.262. The zero-order chi connectivity index (χ0) is 19.4. The smallest absolute Gasteiger partial charge is 0.308 e. The number of amides is 2. The summed E-state index contributed by atoms with van der Waals surface area (Å²) in [4.78, 5) is 18.5. The molecule has 0 atom stereocenters. The van der Waals surface area contributed by atoms with Crippen molar-refractivity contribution in [1.82, 2.24) is 15.2 Å². The molecule has 0 saturated heterocycles. The predicted octanol–water partition coefficient (Wildman–Crippen LogP) is 5.21. The first-order valence-corrected chi connectivity index (χ1v) is 9.46. The number of benzene rings is 1. The van der Waals surface area contributed by atoms with E-state index in [9.17, 15) is 4.79 Å². The lowest BCUT2D eigenvalue weighted by Crippen LogP contribution is -2.20. The Morgan fingerprint density at radius 3 is 2.48 bits per heavy atom. The summed E-state index contributed by atoms with van der Waals surface area (Å²) in [7, 11) is 0. The molecule has 6 nitrogen and oxygen atoms in total. The van der Waals surface area contributed by atoms with Crippen LogP contribution in [0.25, 0.3) is 0 Å². The summed E-state index contributed by atoms with van der Waals surface area (Å²) in [6, 6.07) is 11.3. The predicted molar refractivity (Wildman–Crippen MR) is 109 cm³/mol. The van der Waals surface area contributed by atoms with E-state index < -0.39 is 0 Å². The molecule has 0 bridgehead atoms. The van der Waals surface area contributed by atoms with Crippen LogP contribution < -0.4 is 10.6 Å². The third-order valence-corrected chi connectivity index (χ3v) is 4.97. The molecule has 3 aromatic rings. The van der Waals surface area contributed by atoms with Crippen LogP contribution in [-0.4, -0.2) is 21.2 Å². The first-order valence-electron chi connectivity index (χ1n) is 8.64. The van der Waals surface area contributed by atoms with Gasteiger partial charge < -0.3 is 5.32 Å². The number of nitrogens with zero attached hydrogens (tertiary/aromatic N) is 2. The fourth-order valence-electron chi connectivity index (χ4n) is 2.70. The minimum absolute atomic E-state index is 0.0635. The Morgan fingerprint density at radius 1 is 1.07 bits per heavy atom. The summed E-state index contributed by atoms with van der Waals surface area (Å²) >= 11 is 1.61. The Hall–Kier alpha value is -2.80. The second kappa shape index (κ2) is 7.84. The molecule has 0 aliphatic carbocycles. The number of pyridine rings is 1. The van der Waals surface area contributed by atoms with E-state index in [1.165, 1.54) is 0 Å². The average molecular weight is 382 g/mol. The molecule has 0 aliphatic heterocycles. The van der Waals surface area contributed by atoms with Gasteiger partial charge in [0.2, 0.25) is 0 Å². The molecule has 2 amide bonds. The highest BCUT2D eigenvalue weighted by atomic mass is 32.2. The highest BCUT2D eigenvalue weighted by Gasteiger charge is 2.21. The topological polar surface area (TPSA) is 82.7 Å². The maximum atomic E-state index is 12.4. The Bertz CT molecular complexity index is 931. The summed E-state index contributed by atoms with van der Waals surface area (Å²) in [5.41, 5.74) is 2.61. The van der Waals surface area contributed by atoms with Crippen molar-refractivity contribution in [2.75, 3.05) is 10.6 Å². The largest absolute Gasteiger partial charge is 0.324 e. The van der Waals surface area contributed by atoms with Crippen LogP contribution in [0.2, 0.25) is 0 Å². The maximum absolute atomic E-state index is 12.4. The molecule has 2 aromatic heterocycles. The van der Waals surface area contributed by atoms with E-state index in [4.69, 9.17) is 0 Å². The van der Waals surface area contributed by atoms with E-state index >= 15 is 0 Å². The number of aromatic nitrogens is 3. The Kier molecular flexibility index (Phi) is 5.51. The molecular weight excluding hydrogens is 358 g/mol. The third kappa shape index (κ3) is 4.89. The summed E-state index contributed by atoms with van der Waals surface area (Å²) < 4.78 is 0. The minimum atomic E-state index is -0.323. The average Bonchev–Trinajstić information content (AvgIpc) is 2.97. The molecule has 2 heterocycles. The fourth-order valence-corrected chi connectivity index (χ4v) is 3.56. The van der Waals surface area contributed by atoms with Crippen molar-refractivity contribution in [3.63, 3.8) is 0 Å². The van der Waals surface area contributed by atoms with Gasteiger partial charge in [-0.05, 0) is 37.3 Å². The van der Waals surface area contributed by atoms with Crippen molar-refractivity contribution < 1.29 is 4.79 Å². The molecule has 140 valence electrons. The summed E-state index contributed by atoms with van der Waals surface area (Å²) in [5, 5.41) is 12.9. The second-order valence-corrected chi connectivity index (χ2v) is 8.36. The molecule has 0 fully saturated rings. The van der Waals surface area contributed by atoms with Crippen LogP contribution in [0.15, 0.2) is 58.6 Å². The first-order chi connectivity index (χ1) is 12.8. The summed E-state index contributed by atoms with van der Waals surface area (Å²) in [6.07, 6.45) is 3.52. The van der Waals surface area contributed by atoms with Crippen LogP contribution in [0.1, 0.15) is 32.0 Å². The molecule has 0 saturated carbocycles. The van der Waals surface area contributed by atoms with Crippen molar-refractivity contribution in [2.24, 2.45) is 0 Å². The molecule has 0 radical (unpaired) electrons. The molecular formula is C20H23N5OS. The SMILES string of the molecule is Cc1c(NC(=O)Nc2cccc(Sc3ccncc3)c2)n[nH]c1C(C)(C)C. The maximum Gasteiger partial charge on any atom is 0.324 e. The number of hydrogen-bond donors (Lipinski definition) is 3. The molecule has 3 rings (SSSR count). The Labute approximate surface area is 163 Å². The number of carbonyl (C=O) groups is 1. The number of rotatable bonds is 4. The molecule has 27 heavy (non-hydrogen) atoms. The number of nitrogens with one attached hydrogen (secondary N) is 3. The number of H-pyrrole nitrogens is 1. The molecule has 0 aliphatic rings. The van der Waals surface area contributed by atoms with Crippen LogP contribution in [0.5, 0.6) is 0 Å². The lowest BCUT2D eigenvalue weighted by atomic mass is 9.90. The van der Waals surface area contributed by atoms with Crippen LogP contribution in [0.4, 0.5) is 16.3 Å². The van der Waals surface area contributed by atoms with Gasteiger partial charge in [0.15, 0.2) is 5.82 Å². The van der Waals surface area contributed by atoms with Gasteiger partial charge in [0, 0.05) is 44.5 Å².